The number of halogens is 3. The molecule has 2 aromatic carbocycles. The number of carbonyl (C=O) groups excluding carboxylic acids is 2. The lowest BCUT2D eigenvalue weighted by atomic mass is 9.97. The van der Waals surface area contributed by atoms with Crippen molar-refractivity contribution < 1.29 is 22.8 Å². The molecule has 8 heteroatoms. The standard InChI is InChI=1S/C20H15F3N2O2S/c21-20(22,23)15-6-2-1-4-12(15)10-17(28-11-18(26)25-19(28)27)14-5-3-7-16-13(14)8-9-24-16/h1-9,24H,10-11H2,(H,25,26,27). The van der Waals surface area contributed by atoms with E-state index in [-0.39, 0.29) is 17.7 Å². The Morgan fingerprint density at radius 3 is 2.54 bits per heavy atom. The van der Waals surface area contributed by atoms with Crippen molar-refractivity contribution in [3.63, 3.8) is 0 Å². The van der Waals surface area contributed by atoms with Crippen molar-refractivity contribution in [2.24, 2.45) is 0 Å². The lowest BCUT2D eigenvalue weighted by molar-refractivity contribution is -0.138. The molecule has 0 saturated carbocycles. The zero-order valence-electron chi connectivity index (χ0n) is 14.5. The van der Waals surface area contributed by atoms with Crippen molar-refractivity contribution in [2.75, 3.05) is 5.75 Å². The summed E-state index contributed by atoms with van der Waals surface area (Å²) in [5.74, 6) is -0.445. The van der Waals surface area contributed by atoms with Gasteiger partial charge in [-0.05, 0) is 34.2 Å². The summed E-state index contributed by atoms with van der Waals surface area (Å²) in [6, 6.07) is 12.6. The molecule has 3 aromatic rings. The molecule has 2 amide bonds. The molecular formula is C20H15F3N2O2S. The van der Waals surface area contributed by atoms with Crippen LogP contribution in [0.5, 0.6) is 0 Å². The maximum Gasteiger partial charge on any atom is 0.416 e. The summed E-state index contributed by atoms with van der Waals surface area (Å²) in [7, 11) is -1.13. The summed E-state index contributed by atoms with van der Waals surface area (Å²) < 4.78 is 40.4. The predicted molar refractivity (Wildman–Crippen MR) is 104 cm³/mol. The second kappa shape index (κ2) is 6.94. The highest BCUT2D eigenvalue weighted by molar-refractivity contribution is 8.29. The van der Waals surface area contributed by atoms with Gasteiger partial charge < -0.3 is 4.98 Å². The molecule has 0 aliphatic carbocycles. The smallest absolute Gasteiger partial charge is 0.361 e. The van der Waals surface area contributed by atoms with E-state index in [2.05, 4.69) is 10.3 Å². The molecule has 1 saturated heterocycles. The first-order valence-electron chi connectivity index (χ1n) is 8.46. The van der Waals surface area contributed by atoms with Gasteiger partial charge in [-0.2, -0.15) is 13.2 Å². The number of aromatic amines is 1. The van der Waals surface area contributed by atoms with Gasteiger partial charge >= 0.3 is 6.18 Å². The van der Waals surface area contributed by atoms with Gasteiger partial charge in [-0.3, -0.25) is 14.9 Å². The van der Waals surface area contributed by atoms with Gasteiger partial charge in [-0.25, -0.2) is 0 Å². The van der Waals surface area contributed by atoms with Crippen molar-refractivity contribution in [2.45, 2.75) is 12.6 Å². The third-order valence-electron chi connectivity index (χ3n) is 4.61. The molecule has 144 valence electrons. The van der Waals surface area contributed by atoms with Gasteiger partial charge in [-0.15, -0.1) is 0 Å². The van der Waals surface area contributed by atoms with Crippen molar-refractivity contribution in [3.05, 3.63) is 71.4 Å². The molecule has 0 bridgehead atoms. The topological polar surface area (TPSA) is 62.0 Å². The second-order valence-corrected chi connectivity index (χ2v) is 8.30. The van der Waals surface area contributed by atoms with E-state index < -0.39 is 33.4 Å². The largest absolute Gasteiger partial charge is 0.416 e. The number of imide groups is 1. The molecule has 1 atom stereocenters. The molecule has 0 radical (unpaired) electrons. The monoisotopic (exact) mass is 404 g/mol. The molecule has 2 N–H and O–H groups in total. The van der Waals surface area contributed by atoms with Gasteiger partial charge in [0.1, 0.15) is 0 Å². The molecule has 28 heavy (non-hydrogen) atoms. The Kier molecular flexibility index (Phi) is 4.58. The highest BCUT2D eigenvalue weighted by Crippen LogP contribution is 2.35. The average Bonchev–Trinajstić information content (AvgIpc) is 3.25. The Balaban J connectivity index is 1.92. The van der Waals surface area contributed by atoms with E-state index in [1.807, 2.05) is 12.1 Å². The number of H-pyrrole nitrogens is 1. The van der Waals surface area contributed by atoms with Crippen LogP contribution in [0.1, 0.15) is 16.7 Å². The highest BCUT2D eigenvalue weighted by Gasteiger charge is 2.34. The van der Waals surface area contributed by atoms with Crippen LogP contribution in [-0.2, 0) is 17.4 Å². The lowest BCUT2D eigenvalue weighted by Crippen LogP contribution is -2.19. The number of aromatic nitrogens is 1. The third kappa shape index (κ3) is 3.35. The van der Waals surface area contributed by atoms with E-state index in [1.54, 1.807) is 24.4 Å². The molecular weight excluding hydrogens is 389 g/mol. The number of amides is 2. The van der Waals surface area contributed by atoms with E-state index in [0.29, 0.717) is 10.4 Å². The summed E-state index contributed by atoms with van der Waals surface area (Å²) in [6.45, 7) is 0. The maximum atomic E-state index is 13.5. The van der Waals surface area contributed by atoms with E-state index in [4.69, 9.17) is 0 Å². The van der Waals surface area contributed by atoms with Gasteiger partial charge in [0.2, 0.25) is 5.91 Å². The van der Waals surface area contributed by atoms with Crippen LogP contribution >= 0.6 is 10.5 Å². The van der Waals surface area contributed by atoms with Crippen molar-refractivity contribution in [1.29, 1.82) is 0 Å². The fourth-order valence-corrected chi connectivity index (χ4v) is 5.25. The van der Waals surface area contributed by atoms with Gasteiger partial charge in [-0.1, -0.05) is 40.8 Å². The first-order valence-corrected chi connectivity index (χ1v) is 9.86. The van der Waals surface area contributed by atoms with E-state index in [0.717, 1.165) is 17.0 Å². The highest BCUT2D eigenvalue weighted by atomic mass is 32.2. The number of fused-ring (bicyclic) bond motifs is 1. The number of nitrogens with one attached hydrogen (secondary N) is 2. The summed E-state index contributed by atoms with van der Waals surface area (Å²) >= 11 is 0. The van der Waals surface area contributed by atoms with E-state index >= 15 is 0 Å². The fourth-order valence-electron chi connectivity index (χ4n) is 3.37. The first-order chi connectivity index (χ1) is 13.3. The summed E-state index contributed by atoms with van der Waals surface area (Å²) in [6.07, 6.45) is -2.83. The van der Waals surface area contributed by atoms with Crippen LogP contribution in [-0.4, -0.2) is 26.7 Å². The van der Waals surface area contributed by atoms with Crippen molar-refractivity contribution in [1.82, 2.24) is 10.3 Å². The maximum absolute atomic E-state index is 13.5. The van der Waals surface area contributed by atoms with Crippen LogP contribution in [0.3, 0.4) is 0 Å². The number of benzene rings is 2. The van der Waals surface area contributed by atoms with Gasteiger partial charge in [0.15, 0.2) is 0 Å². The zero-order chi connectivity index (χ0) is 19.9. The van der Waals surface area contributed by atoms with E-state index in [1.165, 1.54) is 12.1 Å². The fraction of sp³-hybridized carbons (Fsp3) is 0.150. The Morgan fingerprint density at radius 1 is 1.04 bits per heavy atom. The summed E-state index contributed by atoms with van der Waals surface area (Å²) in [4.78, 5) is 27.7. The normalized spacial score (nSPS) is 17.8. The molecule has 1 aromatic heterocycles. The SMILES string of the molecule is O=C1CS(=C(Cc2ccccc2C(F)(F)F)c2cccc3[nH]ccc23)C(=O)N1. The Bertz CT molecular complexity index is 1130. The van der Waals surface area contributed by atoms with Gasteiger partial charge in [0, 0.05) is 23.5 Å². The molecule has 4 nitrogen and oxygen atoms in total. The van der Waals surface area contributed by atoms with Crippen LogP contribution in [0.4, 0.5) is 18.0 Å². The third-order valence-corrected chi connectivity index (χ3v) is 6.67. The van der Waals surface area contributed by atoms with Gasteiger partial charge in [0.25, 0.3) is 5.24 Å². The van der Waals surface area contributed by atoms with Gasteiger partial charge in [0.05, 0.1) is 11.3 Å². The number of hydrogen-bond acceptors (Lipinski definition) is 2. The number of alkyl halides is 3. The number of carbonyl (C=O) groups is 2. The average molecular weight is 404 g/mol. The van der Waals surface area contributed by atoms with Crippen molar-refractivity contribution in [3.8, 4) is 0 Å². The van der Waals surface area contributed by atoms with Crippen molar-refractivity contribution >= 4 is 37.4 Å². The molecule has 1 aliphatic heterocycles. The van der Waals surface area contributed by atoms with E-state index in [9.17, 15) is 22.8 Å². The minimum atomic E-state index is -4.50. The minimum absolute atomic E-state index is 0.0385. The van der Waals surface area contributed by atoms with Crippen LogP contribution < -0.4 is 5.32 Å². The molecule has 2 heterocycles. The second-order valence-electron chi connectivity index (χ2n) is 6.37. The Morgan fingerprint density at radius 2 is 1.82 bits per heavy atom. The number of hydrogen-bond donors (Lipinski definition) is 2. The molecule has 1 unspecified atom stereocenters. The predicted octanol–water partition coefficient (Wildman–Crippen LogP) is 4.47. The molecule has 1 aliphatic rings. The molecule has 1 fully saturated rings. The molecule has 0 spiro atoms. The number of rotatable bonds is 3. The first kappa shape index (κ1) is 18.5. The van der Waals surface area contributed by atoms with Crippen LogP contribution in [0.15, 0.2) is 54.7 Å². The Labute approximate surface area is 160 Å². The Hall–Kier alpha value is -2.87. The minimum Gasteiger partial charge on any atom is -0.361 e. The summed E-state index contributed by atoms with van der Waals surface area (Å²) in [5.41, 5.74) is 0.845. The quantitative estimate of drug-likeness (QED) is 0.500. The summed E-state index contributed by atoms with van der Waals surface area (Å²) in [5, 5.41) is 2.63. The van der Waals surface area contributed by atoms with Crippen LogP contribution in [0, 0.1) is 0 Å². The zero-order valence-corrected chi connectivity index (χ0v) is 15.3. The molecule has 4 rings (SSSR count). The van der Waals surface area contributed by atoms with Crippen LogP contribution in [0.2, 0.25) is 0 Å². The van der Waals surface area contributed by atoms with Crippen LogP contribution in [0.25, 0.3) is 10.9 Å². The lowest BCUT2D eigenvalue weighted by Gasteiger charge is -2.17.